The number of aromatic nitrogens is 4. The third-order valence-corrected chi connectivity index (χ3v) is 4.21. The van der Waals surface area contributed by atoms with E-state index >= 15 is 0 Å². The Labute approximate surface area is 140 Å². The molecule has 128 valence electrons. The number of hydrogen-bond donors (Lipinski definition) is 2. The van der Waals surface area contributed by atoms with E-state index in [2.05, 4.69) is 20.7 Å². The van der Waals surface area contributed by atoms with Crippen LogP contribution in [0.15, 0.2) is 24.3 Å². The summed E-state index contributed by atoms with van der Waals surface area (Å²) in [5.41, 5.74) is 1.47. The standard InChI is InChI=1S/C16H22N6O2/c1-2-22-19-15(18-20-22)12-6-5-7-13(10-12)17-16(24)21-9-4-3-8-14(21)11-23/h5-7,10,14,23H,2-4,8-9,11H2,1H3,(H,17,24)/t14-/m1/s1. The molecule has 2 amide bonds. The van der Waals surface area contributed by atoms with Gasteiger partial charge in [-0.3, -0.25) is 0 Å². The predicted molar refractivity (Wildman–Crippen MR) is 89.4 cm³/mol. The lowest BCUT2D eigenvalue weighted by Gasteiger charge is -2.34. The molecule has 1 fully saturated rings. The van der Waals surface area contributed by atoms with Crippen LogP contribution in [0.4, 0.5) is 10.5 Å². The summed E-state index contributed by atoms with van der Waals surface area (Å²) in [6.45, 7) is 3.26. The molecule has 0 bridgehead atoms. The molecule has 1 aromatic heterocycles. The molecule has 8 nitrogen and oxygen atoms in total. The van der Waals surface area contributed by atoms with E-state index in [1.807, 2.05) is 31.2 Å². The third-order valence-electron chi connectivity index (χ3n) is 4.21. The molecule has 0 saturated carbocycles. The van der Waals surface area contributed by atoms with Crippen molar-refractivity contribution in [3.05, 3.63) is 24.3 Å². The van der Waals surface area contributed by atoms with Crippen molar-refractivity contribution in [1.29, 1.82) is 0 Å². The number of rotatable bonds is 4. The summed E-state index contributed by atoms with van der Waals surface area (Å²) < 4.78 is 0. The molecule has 1 aliphatic rings. The highest BCUT2D eigenvalue weighted by atomic mass is 16.3. The Morgan fingerprint density at radius 1 is 1.42 bits per heavy atom. The zero-order chi connectivity index (χ0) is 16.9. The largest absolute Gasteiger partial charge is 0.394 e. The van der Waals surface area contributed by atoms with Crippen molar-refractivity contribution in [2.45, 2.75) is 38.8 Å². The normalized spacial score (nSPS) is 17.8. The van der Waals surface area contributed by atoms with Crippen LogP contribution in [0.3, 0.4) is 0 Å². The topological polar surface area (TPSA) is 96.2 Å². The molecule has 2 N–H and O–H groups in total. The van der Waals surface area contributed by atoms with Crippen LogP contribution in [0, 0.1) is 0 Å². The Morgan fingerprint density at radius 2 is 2.29 bits per heavy atom. The van der Waals surface area contributed by atoms with Crippen LogP contribution in [0.2, 0.25) is 0 Å². The van der Waals surface area contributed by atoms with Gasteiger partial charge in [0.2, 0.25) is 5.82 Å². The van der Waals surface area contributed by atoms with Crippen molar-refractivity contribution in [2.75, 3.05) is 18.5 Å². The number of aliphatic hydroxyl groups is 1. The van der Waals surface area contributed by atoms with Gasteiger partial charge in [-0.25, -0.2) is 4.79 Å². The quantitative estimate of drug-likeness (QED) is 0.890. The molecule has 24 heavy (non-hydrogen) atoms. The van der Waals surface area contributed by atoms with E-state index < -0.39 is 0 Å². The molecule has 3 rings (SSSR count). The number of carbonyl (C=O) groups excluding carboxylic acids is 1. The van der Waals surface area contributed by atoms with E-state index in [0.717, 1.165) is 24.8 Å². The molecule has 2 aromatic rings. The van der Waals surface area contributed by atoms with Crippen molar-refractivity contribution in [3.63, 3.8) is 0 Å². The van der Waals surface area contributed by atoms with Crippen LogP contribution in [0.5, 0.6) is 0 Å². The number of aliphatic hydroxyl groups excluding tert-OH is 1. The number of anilines is 1. The molecule has 0 spiro atoms. The molecule has 8 heteroatoms. The molecular weight excluding hydrogens is 308 g/mol. The highest BCUT2D eigenvalue weighted by molar-refractivity contribution is 5.90. The zero-order valence-electron chi connectivity index (χ0n) is 13.7. The number of hydrogen-bond acceptors (Lipinski definition) is 5. The summed E-state index contributed by atoms with van der Waals surface area (Å²) in [5, 5.41) is 24.6. The van der Waals surface area contributed by atoms with Crippen LogP contribution in [-0.2, 0) is 6.54 Å². The minimum Gasteiger partial charge on any atom is -0.394 e. The third kappa shape index (κ3) is 3.53. The van der Waals surface area contributed by atoms with Gasteiger partial charge in [-0.15, -0.1) is 10.2 Å². The second kappa shape index (κ2) is 7.39. The number of nitrogens with one attached hydrogen (secondary N) is 1. The number of tetrazole rings is 1. The fourth-order valence-corrected chi connectivity index (χ4v) is 2.88. The Morgan fingerprint density at radius 3 is 3.04 bits per heavy atom. The van der Waals surface area contributed by atoms with Crippen molar-refractivity contribution in [1.82, 2.24) is 25.1 Å². The number of urea groups is 1. The van der Waals surface area contributed by atoms with Gasteiger partial charge < -0.3 is 15.3 Å². The summed E-state index contributed by atoms with van der Waals surface area (Å²) in [5.74, 6) is 0.527. The van der Waals surface area contributed by atoms with Crippen LogP contribution in [0.1, 0.15) is 26.2 Å². The Bertz CT molecular complexity index is 701. The summed E-state index contributed by atoms with van der Waals surface area (Å²) in [7, 11) is 0. The monoisotopic (exact) mass is 330 g/mol. The van der Waals surface area contributed by atoms with Crippen molar-refractivity contribution < 1.29 is 9.90 Å². The van der Waals surface area contributed by atoms with Gasteiger partial charge in [0.25, 0.3) is 0 Å². The van der Waals surface area contributed by atoms with E-state index in [0.29, 0.717) is 24.6 Å². The lowest BCUT2D eigenvalue weighted by molar-refractivity contribution is 0.115. The maximum Gasteiger partial charge on any atom is 0.322 e. The second-order valence-electron chi connectivity index (χ2n) is 5.84. The Kier molecular flexibility index (Phi) is 5.05. The smallest absolute Gasteiger partial charge is 0.322 e. The van der Waals surface area contributed by atoms with Gasteiger partial charge in [0.1, 0.15) is 0 Å². The number of benzene rings is 1. The van der Waals surface area contributed by atoms with Crippen LogP contribution in [0.25, 0.3) is 11.4 Å². The number of amides is 2. The molecule has 1 aliphatic heterocycles. The number of nitrogens with zero attached hydrogens (tertiary/aromatic N) is 5. The Balaban J connectivity index is 1.73. The van der Waals surface area contributed by atoms with Crippen molar-refractivity contribution >= 4 is 11.7 Å². The van der Waals surface area contributed by atoms with Crippen molar-refractivity contribution in [2.24, 2.45) is 0 Å². The molecule has 0 radical (unpaired) electrons. The van der Waals surface area contributed by atoms with E-state index in [1.54, 1.807) is 4.90 Å². The summed E-state index contributed by atoms with van der Waals surface area (Å²) in [6.07, 6.45) is 2.85. The maximum absolute atomic E-state index is 12.5. The van der Waals surface area contributed by atoms with E-state index in [1.165, 1.54) is 4.80 Å². The van der Waals surface area contributed by atoms with Gasteiger partial charge in [0.05, 0.1) is 19.2 Å². The molecule has 0 unspecified atom stereocenters. The first kappa shape index (κ1) is 16.4. The van der Waals surface area contributed by atoms with Gasteiger partial charge in [-0.05, 0) is 43.5 Å². The SMILES string of the molecule is CCn1nnc(-c2cccc(NC(=O)N3CCCC[C@@H]3CO)c2)n1. The highest BCUT2D eigenvalue weighted by Gasteiger charge is 2.26. The van der Waals surface area contributed by atoms with Crippen molar-refractivity contribution in [3.8, 4) is 11.4 Å². The van der Waals surface area contributed by atoms with E-state index in [4.69, 9.17) is 0 Å². The molecule has 1 atom stereocenters. The fourth-order valence-electron chi connectivity index (χ4n) is 2.88. The maximum atomic E-state index is 12.5. The molecule has 1 saturated heterocycles. The van der Waals surface area contributed by atoms with Crippen LogP contribution >= 0.6 is 0 Å². The highest BCUT2D eigenvalue weighted by Crippen LogP contribution is 2.21. The lowest BCUT2D eigenvalue weighted by Crippen LogP contribution is -2.47. The summed E-state index contributed by atoms with van der Waals surface area (Å²) >= 11 is 0. The predicted octanol–water partition coefficient (Wildman–Crippen LogP) is 1.74. The molecule has 0 aliphatic carbocycles. The van der Waals surface area contributed by atoms with Gasteiger partial charge in [0.15, 0.2) is 0 Å². The zero-order valence-corrected chi connectivity index (χ0v) is 13.7. The van der Waals surface area contributed by atoms with Gasteiger partial charge in [-0.1, -0.05) is 12.1 Å². The number of carbonyl (C=O) groups is 1. The minimum atomic E-state index is -0.184. The average Bonchev–Trinajstić information content (AvgIpc) is 3.11. The molecule has 1 aromatic carbocycles. The summed E-state index contributed by atoms with van der Waals surface area (Å²) in [6, 6.07) is 7.08. The lowest BCUT2D eigenvalue weighted by atomic mass is 10.0. The number of likely N-dealkylation sites (tertiary alicyclic amines) is 1. The molecule has 2 heterocycles. The number of aryl methyl sites for hydroxylation is 1. The molecular formula is C16H22N6O2. The minimum absolute atomic E-state index is 0.00248. The van der Waals surface area contributed by atoms with E-state index in [9.17, 15) is 9.90 Å². The second-order valence-corrected chi connectivity index (χ2v) is 5.84. The number of piperidine rings is 1. The van der Waals surface area contributed by atoms with Gasteiger partial charge in [-0.2, -0.15) is 4.80 Å². The Hall–Kier alpha value is -2.48. The fraction of sp³-hybridized carbons (Fsp3) is 0.500. The van der Waals surface area contributed by atoms with Crippen LogP contribution < -0.4 is 5.32 Å². The first-order valence-corrected chi connectivity index (χ1v) is 8.28. The first-order valence-electron chi connectivity index (χ1n) is 8.28. The average molecular weight is 330 g/mol. The first-order chi connectivity index (χ1) is 11.7. The van der Waals surface area contributed by atoms with Crippen LogP contribution in [-0.4, -0.2) is 55.4 Å². The van der Waals surface area contributed by atoms with E-state index in [-0.39, 0.29) is 18.7 Å². The summed E-state index contributed by atoms with van der Waals surface area (Å²) in [4.78, 5) is 15.7. The van der Waals surface area contributed by atoms with Gasteiger partial charge >= 0.3 is 6.03 Å². The van der Waals surface area contributed by atoms with Gasteiger partial charge in [0, 0.05) is 17.8 Å².